The fourth-order valence-electron chi connectivity index (χ4n) is 5.84. The molecule has 44 heavy (non-hydrogen) atoms. The van der Waals surface area contributed by atoms with Gasteiger partial charge in [-0.3, -0.25) is 4.57 Å². The Morgan fingerprint density at radius 3 is 1.93 bits per heavy atom. The van der Waals surface area contributed by atoms with Crippen LogP contribution < -0.4 is 0 Å². The minimum Gasteiger partial charge on any atom is -0.456 e. The number of aromatic nitrogens is 4. The van der Waals surface area contributed by atoms with Crippen molar-refractivity contribution >= 4 is 43.7 Å². The Hall–Kier alpha value is -6.07. The summed E-state index contributed by atoms with van der Waals surface area (Å²) in [4.78, 5) is 14.8. The molecule has 0 aliphatic carbocycles. The molecule has 0 spiro atoms. The predicted molar refractivity (Wildman–Crippen MR) is 178 cm³/mol. The molecule has 0 aliphatic rings. The molecule has 5 heteroatoms. The van der Waals surface area contributed by atoms with Gasteiger partial charge in [-0.05, 0) is 41.4 Å². The molecular weight excluding hydrogens is 540 g/mol. The second-order valence-corrected chi connectivity index (χ2v) is 10.4. The standard InChI is InChI=1S/C39H24N4O/c1-3-12-25(13-4-1)27-22-23-34-31(24-27)36-30(18-11-21-35(36)44-34)38-40-37(26-14-5-2-6-15-26)41-39(42-38)43-32-19-9-7-16-28(32)29-17-8-10-20-33(29)43/h1-24H/i7D,8D,16D,17D,19D,20D. The third kappa shape index (κ3) is 3.83. The first kappa shape index (κ1) is 19.2. The molecule has 3 heterocycles. The summed E-state index contributed by atoms with van der Waals surface area (Å²) in [5.74, 6) is 0.714. The van der Waals surface area contributed by atoms with Crippen LogP contribution in [-0.2, 0) is 0 Å². The molecule has 5 nitrogen and oxygen atoms in total. The highest BCUT2D eigenvalue weighted by Gasteiger charge is 2.20. The zero-order chi connectivity index (χ0) is 34.3. The zero-order valence-corrected chi connectivity index (χ0v) is 23.1. The average Bonchev–Trinajstić information content (AvgIpc) is 3.71. The van der Waals surface area contributed by atoms with E-state index in [1.165, 1.54) is 16.7 Å². The van der Waals surface area contributed by atoms with Crippen LogP contribution in [0.25, 0.3) is 83.6 Å². The van der Waals surface area contributed by atoms with Crippen molar-refractivity contribution in [2.75, 3.05) is 0 Å². The van der Waals surface area contributed by atoms with E-state index in [1.807, 2.05) is 78.9 Å². The highest BCUT2D eigenvalue weighted by molar-refractivity contribution is 6.13. The molecular formula is C39H24N4O. The first-order valence-electron chi connectivity index (χ1n) is 17.1. The van der Waals surface area contributed by atoms with Crippen LogP contribution in [0.4, 0.5) is 0 Å². The molecule has 0 unspecified atom stereocenters. The maximum atomic E-state index is 8.95. The Labute approximate surface area is 261 Å². The normalized spacial score (nSPS) is 13.5. The zero-order valence-electron chi connectivity index (χ0n) is 29.1. The van der Waals surface area contributed by atoms with Gasteiger partial charge in [0.25, 0.3) is 0 Å². The van der Waals surface area contributed by atoms with Gasteiger partial charge >= 0.3 is 0 Å². The van der Waals surface area contributed by atoms with Gasteiger partial charge in [-0.15, -0.1) is 0 Å². The van der Waals surface area contributed by atoms with Crippen LogP contribution in [0.5, 0.6) is 0 Å². The van der Waals surface area contributed by atoms with Crippen LogP contribution in [0.15, 0.2) is 150 Å². The van der Waals surface area contributed by atoms with Crippen LogP contribution in [-0.4, -0.2) is 19.5 Å². The summed E-state index contributed by atoms with van der Waals surface area (Å²) in [7, 11) is 0. The molecule has 9 aromatic rings. The molecule has 0 radical (unpaired) electrons. The van der Waals surface area contributed by atoms with E-state index in [1.54, 1.807) is 0 Å². The lowest BCUT2D eigenvalue weighted by Gasteiger charge is -2.11. The third-order valence-corrected chi connectivity index (χ3v) is 7.83. The first-order chi connectivity index (χ1) is 24.3. The van der Waals surface area contributed by atoms with Crippen molar-refractivity contribution < 1.29 is 12.6 Å². The van der Waals surface area contributed by atoms with Crippen LogP contribution in [0.2, 0.25) is 0 Å². The molecule has 9 rings (SSSR count). The molecule has 0 saturated heterocycles. The number of rotatable bonds is 4. The van der Waals surface area contributed by atoms with Gasteiger partial charge in [0, 0.05) is 32.7 Å². The lowest BCUT2D eigenvalue weighted by atomic mass is 10.0. The monoisotopic (exact) mass is 570 g/mol. The molecule has 206 valence electrons. The number of nitrogens with zero attached hydrogens (tertiary/aromatic N) is 4. The van der Waals surface area contributed by atoms with Gasteiger partial charge in [-0.2, -0.15) is 9.97 Å². The Morgan fingerprint density at radius 2 is 1.20 bits per heavy atom. The molecule has 0 saturated carbocycles. The summed E-state index contributed by atoms with van der Waals surface area (Å²) in [5.41, 5.74) is 5.15. The van der Waals surface area contributed by atoms with E-state index in [0.29, 0.717) is 33.9 Å². The molecule has 0 aliphatic heterocycles. The second kappa shape index (κ2) is 9.75. The summed E-state index contributed by atoms with van der Waals surface area (Å²) < 4.78 is 60.1. The Kier molecular flexibility index (Phi) is 4.25. The third-order valence-electron chi connectivity index (χ3n) is 7.83. The van der Waals surface area contributed by atoms with Crippen molar-refractivity contribution in [3.63, 3.8) is 0 Å². The first-order valence-corrected chi connectivity index (χ1v) is 14.1. The Morgan fingerprint density at radius 1 is 0.523 bits per heavy atom. The van der Waals surface area contributed by atoms with E-state index < -0.39 is 0 Å². The maximum Gasteiger partial charge on any atom is 0.238 e. The van der Waals surface area contributed by atoms with Gasteiger partial charge in [0.2, 0.25) is 5.95 Å². The van der Waals surface area contributed by atoms with Crippen molar-refractivity contribution in [1.82, 2.24) is 19.5 Å². The molecule has 3 aromatic heterocycles. The fourth-order valence-corrected chi connectivity index (χ4v) is 5.84. The molecule has 0 fully saturated rings. The van der Waals surface area contributed by atoms with Gasteiger partial charge in [0.15, 0.2) is 11.6 Å². The minimum atomic E-state index is -0.209. The minimum absolute atomic E-state index is 0.0693. The number of hydrogen-bond acceptors (Lipinski definition) is 4. The number of hydrogen-bond donors (Lipinski definition) is 0. The van der Waals surface area contributed by atoms with E-state index >= 15 is 0 Å². The summed E-state index contributed by atoms with van der Waals surface area (Å²) >= 11 is 0. The van der Waals surface area contributed by atoms with Gasteiger partial charge in [0.1, 0.15) is 11.2 Å². The van der Waals surface area contributed by atoms with Crippen LogP contribution in [0, 0.1) is 0 Å². The quantitative estimate of drug-likeness (QED) is 0.211. The van der Waals surface area contributed by atoms with Crippen molar-refractivity contribution in [1.29, 1.82) is 0 Å². The van der Waals surface area contributed by atoms with Crippen LogP contribution in [0.1, 0.15) is 8.22 Å². The van der Waals surface area contributed by atoms with Crippen molar-refractivity contribution in [2.24, 2.45) is 0 Å². The van der Waals surface area contributed by atoms with Gasteiger partial charge in [0.05, 0.1) is 19.3 Å². The highest BCUT2D eigenvalue weighted by Crippen LogP contribution is 2.38. The van der Waals surface area contributed by atoms with Crippen LogP contribution in [0.3, 0.4) is 0 Å². The Bertz CT molecular complexity index is 2760. The Balaban J connectivity index is 1.40. The predicted octanol–water partition coefficient (Wildman–Crippen LogP) is 9.87. The van der Waals surface area contributed by atoms with Gasteiger partial charge in [-0.25, -0.2) is 4.98 Å². The smallest absolute Gasteiger partial charge is 0.238 e. The topological polar surface area (TPSA) is 56.7 Å². The van der Waals surface area contributed by atoms with Gasteiger partial charge in [-0.1, -0.05) is 115 Å². The molecule has 0 bridgehead atoms. The highest BCUT2D eigenvalue weighted by atomic mass is 16.3. The largest absolute Gasteiger partial charge is 0.456 e. The van der Waals surface area contributed by atoms with E-state index in [4.69, 9.17) is 27.6 Å². The van der Waals surface area contributed by atoms with Crippen LogP contribution >= 0.6 is 0 Å². The summed E-state index contributed by atoms with van der Waals surface area (Å²) in [5, 5.41) is 1.94. The molecule has 0 amide bonds. The number of furan rings is 1. The van der Waals surface area contributed by atoms with E-state index in [2.05, 4.69) is 18.2 Å². The lowest BCUT2D eigenvalue weighted by Crippen LogP contribution is -2.06. The number of para-hydroxylation sites is 2. The van der Waals surface area contributed by atoms with E-state index in [-0.39, 0.29) is 64.0 Å². The molecule has 0 N–H and O–H groups in total. The van der Waals surface area contributed by atoms with Gasteiger partial charge < -0.3 is 4.42 Å². The summed E-state index contributed by atoms with van der Waals surface area (Å²) in [6, 6.07) is 32.8. The van der Waals surface area contributed by atoms with Crippen molar-refractivity contribution in [3.8, 4) is 39.9 Å². The lowest BCUT2D eigenvalue weighted by molar-refractivity contribution is 0.669. The fraction of sp³-hybridized carbons (Fsp3) is 0. The van der Waals surface area contributed by atoms with E-state index in [0.717, 1.165) is 21.9 Å². The summed E-state index contributed by atoms with van der Waals surface area (Å²) in [6.07, 6.45) is 0. The average molecular weight is 571 g/mol. The number of fused-ring (bicyclic) bond motifs is 6. The molecule has 0 atom stereocenters. The van der Waals surface area contributed by atoms with Crippen molar-refractivity contribution in [3.05, 3.63) is 145 Å². The SMILES string of the molecule is [2H]c1cc([2H])c2c(c1[2H])c1c([2H])c([2H])cc([2H])c1n2-c1nc(-c2ccccc2)nc(-c2cccc3oc4ccc(-c5ccccc5)cc4c23)n1. The second-order valence-electron chi connectivity index (χ2n) is 10.4. The maximum absolute atomic E-state index is 8.95. The summed E-state index contributed by atoms with van der Waals surface area (Å²) in [6.45, 7) is 0. The van der Waals surface area contributed by atoms with E-state index in [9.17, 15) is 0 Å². The molecule has 6 aromatic carbocycles. The van der Waals surface area contributed by atoms with Crippen molar-refractivity contribution in [2.45, 2.75) is 0 Å². The number of benzene rings is 6.